The molecule has 2 unspecified atom stereocenters. The van der Waals surface area contributed by atoms with E-state index >= 15 is 0 Å². The Morgan fingerprint density at radius 3 is 2.88 bits per heavy atom. The first-order valence-electron chi connectivity index (χ1n) is 5.54. The second-order valence-electron chi connectivity index (χ2n) is 4.21. The highest BCUT2D eigenvalue weighted by Crippen LogP contribution is 2.28. The molecule has 1 fully saturated rings. The molecule has 1 aliphatic rings. The molecule has 6 heteroatoms. The minimum absolute atomic E-state index is 0.0660. The van der Waals surface area contributed by atoms with Crippen LogP contribution >= 0.6 is 0 Å². The van der Waals surface area contributed by atoms with Crippen LogP contribution in [0.2, 0.25) is 0 Å². The minimum atomic E-state index is -0.514. The molecule has 0 saturated heterocycles. The summed E-state index contributed by atoms with van der Waals surface area (Å²) in [4.78, 5) is 13.7. The van der Waals surface area contributed by atoms with Gasteiger partial charge in [-0.1, -0.05) is 19.3 Å². The van der Waals surface area contributed by atoms with Gasteiger partial charge in [0.25, 0.3) is 0 Å². The first-order chi connectivity index (χ1) is 7.68. The number of imidazole rings is 1. The first kappa shape index (κ1) is 11.1. The van der Waals surface area contributed by atoms with E-state index < -0.39 is 11.0 Å². The zero-order valence-corrected chi connectivity index (χ0v) is 8.95. The molecule has 1 heterocycles. The molecule has 0 amide bonds. The molecule has 0 radical (unpaired) electrons. The molecular weight excluding hydrogens is 210 g/mol. The van der Waals surface area contributed by atoms with Crippen LogP contribution in [0.15, 0.2) is 12.5 Å². The lowest BCUT2D eigenvalue weighted by Gasteiger charge is -2.20. The number of aliphatic hydroxyl groups excluding tert-OH is 1. The first-order valence-corrected chi connectivity index (χ1v) is 5.54. The van der Waals surface area contributed by atoms with Crippen LogP contribution in [0.25, 0.3) is 0 Å². The topological polar surface area (TPSA) is 81.2 Å². The van der Waals surface area contributed by atoms with Crippen LogP contribution in [0.5, 0.6) is 0 Å². The fraction of sp³-hybridized carbons (Fsp3) is 0.700. The lowest BCUT2D eigenvalue weighted by atomic mass is 10.1. The number of aromatic nitrogens is 2. The molecule has 1 aromatic rings. The SMILES string of the molecule is O=[N+]([O-])c1cn(C2CCCCCC2O)cn1. The standard InChI is InChI=1S/C10H15N3O3/c14-9-5-3-1-2-4-8(9)12-6-10(11-7-12)13(15)16/h6-9,14H,1-5H2. The maximum Gasteiger partial charge on any atom is 0.381 e. The smallest absolute Gasteiger partial charge is 0.381 e. The van der Waals surface area contributed by atoms with Crippen molar-refractivity contribution in [3.05, 3.63) is 22.6 Å². The Hall–Kier alpha value is -1.43. The maximum atomic E-state index is 10.5. The van der Waals surface area contributed by atoms with E-state index in [0.29, 0.717) is 0 Å². The molecule has 2 atom stereocenters. The van der Waals surface area contributed by atoms with Gasteiger partial charge in [0.1, 0.15) is 6.20 Å². The van der Waals surface area contributed by atoms with Crippen molar-refractivity contribution in [3.63, 3.8) is 0 Å². The van der Waals surface area contributed by atoms with E-state index in [1.807, 2.05) is 0 Å². The van der Waals surface area contributed by atoms with E-state index in [-0.39, 0.29) is 11.9 Å². The predicted octanol–water partition coefficient (Wildman–Crippen LogP) is 1.66. The fourth-order valence-electron chi connectivity index (χ4n) is 2.22. The van der Waals surface area contributed by atoms with Gasteiger partial charge in [0.15, 0.2) is 0 Å². The van der Waals surface area contributed by atoms with Gasteiger partial charge in [-0.15, -0.1) is 0 Å². The van der Waals surface area contributed by atoms with Crippen LogP contribution in [0.3, 0.4) is 0 Å². The third-order valence-electron chi connectivity index (χ3n) is 3.10. The lowest BCUT2D eigenvalue weighted by Crippen LogP contribution is -2.21. The molecular formula is C10H15N3O3. The Labute approximate surface area is 93.1 Å². The van der Waals surface area contributed by atoms with Crippen molar-refractivity contribution in [2.24, 2.45) is 0 Å². The highest BCUT2D eigenvalue weighted by atomic mass is 16.6. The summed E-state index contributed by atoms with van der Waals surface area (Å²) in [7, 11) is 0. The van der Waals surface area contributed by atoms with Crippen molar-refractivity contribution in [1.29, 1.82) is 0 Å². The van der Waals surface area contributed by atoms with Gasteiger partial charge in [0.2, 0.25) is 6.33 Å². The Kier molecular flexibility index (Phi) is 3.19. The summed E-state index contributed by atoms with van der Waals surface area (Å²) < 4.78 is 1.67. The molecule has 1 N–H and O–H groups in total. The second-order valence-corrected chi connectivity index (χ2v) is 4.21. The van der Waals surface area contributed by atoms with E-state index in [0.717, 1.165) is 32.1 Å². The Morgan fingerprint density at radius 2 is 2.19 bits per heavy atom. The van der Waals surface area contributed by atoms with Crippen molar-refractivity contribution in [1.82, 2.24) is 9.55 Å². The molecule has 1 aliphatic carbocycles. The van der Waals surface area contributed by atoms with Crippen molar-refractivity contribution in [2.45, 2.75) is 44.2 Å². The number of aliphatic hydroxyl groups is 1. The van der Waals surface area contributed by atoms with E-state index in [1.54, 1.807) is 4.57 Å². The molecule has 0 spiro atoms. The number of hydrogen-bond acceptors (Lipinski definition) is 4. The van der Waals surface area contributed by atoms with Crippen LogP contribution in [0, 0.1) is 10.1 Å². The predicted molar refractivity (Wildman–Crippen MR) is 57.0 cm³/mol. The highest BCUT2D eigenvalue weighted by Gasteiger charge is 2.25. The summed E-state index contributed by atoms with van der Waals surface area (Å²) in [5, 5.41) is 20.4. The van der Waals surface area contributed by atoms with Gasteiger partial charge in [-0.3, -0.25) is 0 Å². The van der Waals surface area contributed by atoms with Gasteiger partial charge < -0.3 is 19.8 Å². The largest absolute Gasteiger partial charge is 0.391 e. The molecule has 6 nitrogen and oxygen atoms in total. The van der Waals surface area contributed by atoms with Crippen molar-refractivity contribution >= 4 is 5.82 Å². The van der Waals surface area contributed by atoms with Gasteiger partial charge in [0.05, 0.1) is 12.1 Å². The molecule has 1 aromatic heterocycles. The van der Waals surface area contributed by atoms with E-state index in [9.17, 15) is 15.2 Å². The average molecular weight is 225 g/mol. The van der Waals surface area contributed by atoms with Gasteiger partial charge in [-0.25, -0.2) is 0 Å². The second kappa shape index (κ2) is 4.61. The van der Waals surface area contributed by atoms with Crippen molar-refractivity contribution in [3.8, 4) is 0 Å². The molecule has 0 aliphatic heterocycles. The summed E-state index contributed by atoms with van der Waals surface area (Å²) in [5.41, 5.74) is 0. The lowest BCUT2D eigenvalue weighted by molar-refractivity contribution is -0.389. The maximum absolute atomic E-state index is 10.5. The summed E-state index contributed by atoms with van der Waals surface area (Å²) in [6.45, 7) is 0. The monoisotopic (exact) mass is 225 g/mol. The third kappa shape index (κ3) is 2.21. The number of nitro groups is 1. The molecule has 0 aromatic carbocycles. The van der Waals surface area contributed by atoms with Crippen molar-refractivity contribution < 1.29 is 10.0 Å². The van der Waals surface area contributed by atoms with Crippen LogP contribution in [0.4, 0.5) is 5.82 Å². The normalized spacial score (nSPS) is 26.3. The summed E-state index contributed by atoms with van der Waals surface area (Å²) in [6, 6.07) is -0.0660. The van der Waals surface area contributed by atoms with Gasteiger partial charge in [-0.05, 0) is 22.7 Å². The number of nitrogens with zero attached hydrogens (tertiary/aromatic N) is 3. The summed E-state index contributed by atoms with van der Waals surface area (Å²) in [6.07, 6.45) is 7.23. The Balaban J connectivity index is 2.17. The average Bonchev–Trinajstić information content (AvgIpc) is 2.63. The summed E-state index contributed by atoms with van der Waals surface area (Å²) in [5.74, 6) is -0.156. The van der Waals surface area contributed by atoms with Crippen LogP contribution in [-0.4, -0.2) is 25.7 Å². The van der Waals surface area contributed by atoms with E-state index in [4.69, 9.17) is 0 Å². The van der Waals surface area contributed by atoms with Crippen LogP contribution in [0.1, 0.15) is 38.1 Å². The molecule has 16 heavy (non-hydrogen) atoms. The molecule has 1 saturated carbocycles. The van der Waals surface area contributed by atoms with Gasteiger partial charge in [-0.2, -0.15) is 0 Å². The quantitative estimate of drug-likeness (QED) is 0.471. The summed E-state index contributed by atoms with van der Waals surface area (Å²) >= 11 is 0. The molecule has 2 rings (SSSR count). The Bertz CT molecular complexity index is 377. The van der Waals surface area contributed by atoms with Crippen molar-refractivity contribution in [2.75, 3.05) is 0 Å². The van der Waals surface area contributed by atoms with E-state index in [1.165, 1.54) is 12.5 Å². The van der Waals surface area contributed by atoms with Gasteiger partial charge >= 0.3 is 5.82 Å². The van der Waals surface area contributed by atoms with Gasteiger partial charge in [0, 0.05) is 0 Å². The number of hydrogen-bond donors (Lipinski definition) is 1. The fourth-order valence-corrected chi connectivity index (χ4v) is 2.22. The molecule has 0 bridgehead atoms. The minimum Gasteiger partial charge on any atom is -0.391 e. The van der Waals surface area contributed by atoms with Crippen LogP contribution < -0.4 is 0 Å². The highest BCUT2D eigenvalue weighted by molar-refractivity contribution is 5.13. The van der Waals surface area contributed by atoms with Crippen LogP contribution in [-0.2, 0) is 0 Å². The molecule has 88 valence electrons. The number of rotatable bonds is 2. The third-order valence-corrected chi connectivity index (χ3v) is 3.10. The zero-order valence-electron chi connectivity index (χ0n) is 8.95. The Morgan fingerprint density at radius 1 is 1.44 bits per heavy atom. The van der Waals surface area contributed by atoms with E-state index in [2.05, 4.69) is 4.98 Å². The zero-order chi connectivity index (χ0) is 11.5.